The molecule has 3 aromatic rings. The molecule has 5 heteroatoms. The largest absolute Gasteiger partial charge is 0.497 e. The normalized spacial score (nSPS) is 10.6. The van der Waals surface area contributed by atoms with Crippen molar-refractivity contribution < 1.29 is 9.15 Å². The molecule has 0 aliphatic heterocycles. The fourth-order valence-corrected chi connectivity index (χ4v) is 1.85. The second kappa shape index (κ2) is 4.97. The molecule has 1 aromatic carbocycles. The summed E-state index contributed by atoms with van der Waals surface area (Å²) >= 11 is 0. The summed E-state index contributed by atoms with van der Waals surface area (Å²) in [6.45, 7) is 0.543. The molecule has 0 radical (unpaired) electrons. The number of benzene rings is 1. The first-order chi connectivity index (χ1) is 9.35. The Hall–Kier alpha value is -2.56. The van der Waals surface area contributed by atoms with Gasteiger partial charge in [0, 0.05) is 17.8 Å². The zero-order chi connectivity index (χ0) is 13.1. The molecule has 0 fully saturated rings. The molecule has 96 valence electrons. The van der Waals surface area contributed by atoms with E-state index in [-0.39, 0.29) is 0 Å². The van der Waals surface area contributed by atoms with Crippen LogP contribution in [-0.2, 0) is 6.54 Å². The van der Waals surface area contributed by atoms with Crippen molar-refractivity contribution in [1.82, 2.24) is 9.97 Å². The number of methoxy groups -OCH3 is 1. The van der Waals surface area contributed by atoms with Gasteiger partial charge < -0.3 is 14.5 Å². The minimum atomic E-state index is 0.543. The van der Waals surface area contributed by atoms with Crippen molar-refractivity contribution in [3.63, 3.8) is 0 Å². The zero-order valence-electron chi connectivity index (χ0n) is 10.5. The maximum atomic E-state index is 5.72. The highest BCUT2D eigenvalue weighted by Gasteiger charge is 2.05. The lowest BCUT2D eigenvalue weighted by Crippen LogP contribution is -2.01. The summed E-state index contributed by atoms with van der Waals surface area (Å²) in [5, 5.41) is 4.12. The average molecular weight is 255 g/mol. The number of furan rings is 1. The van der Waals surface area contributed by atoms with Crippen LogP contribution in [0.2, 0.25) is 0 Å². The molecule has 0 aliphatic carbocycles. The lowest BCUT2D eigenvalue weighted by Gasteiger charge is -2.00. The molecule has 3 rings (SSSR count). The molecule has 0 unspecified atom stereocenters. The molecule has 1 N–H and O–H groups in total. The third-order valence-corrected chi connectivity index (χ3v) is 2.76. The van der Waals surface area contributed by atoms with Crippen LogP contribution in [0.3, 0.4) is 0 Å². The van der Waals surface area contributed by atoms with E-state index in [1.165, 1.54) is 0 Å². The number of hydrogen-bond donors (Lipinski definition) is 1. The third kappa shape index (κ3) is 2.49. The smallest absolute Gasteiger partial charge is 0.222 e. The van der Waals surface area contributed by atoms with Gasteiger partial charge in [0.05, 0.1) is 13.7 Å². The predicted molar refractivity (Wildman–Crippen MR) is 72.1 cm³/mol. The van der Waals surface area contributed by atoms with Gasteiger partial charge in [-0.1, -0.05) is 0 Å². The maximum absolute atomic E-state index is 5.72. The van der Waals surface area contributed by atoms with Crippen LogP contribution in [-0.4, -0.2) is 17.1 Å². The predicted octanol–water partition coefficient (Wildman–Crippen LogP) is 2.84. The maximum Gasteiger partial charge on any atom is 0.222 e. The van der Waals surface area contributed by atoms with E-state index < -0.39 is 0 Å². The highest BCUT2D eigenvalue weighted by atomic mass is 16.5. The summed E-state index contributed by atoms with van der Waals surface area (Å²) < 4.78 is 10.9. The summed E-state index contributed by atoms with van der Waals surface area (Å²) in [5.74, 6) is 2.23. The topological polar surface area (TPSA) is 60.2 Å². The molecule has 2 aromatic heterocycles. The first-order valence-electron chi connectivity index (χ1n) is 5.92. The van der Waals surface area contributed by atoms with Crippen molar-refractivity contribution in [1.29, 1.82) is 0 Å². The lowest BCUT2D eigenvalue weighted by atomic mass is 10.2. The molecule has 19 heavy (non-hydrogen) atoms. The van der Waals surface area contributed by atoms with Crippen LogP contribution in [0, 0.1) is 0 Å². The number of nitrogens with zero attached hydrogens (tertiary/aromatic N) is 2. The van der Waals surface area contributed by atoms with E-state index in [0.717, 1.165) is 22.5 Å². The van der Waals surface area contributed by atoms with Crippen LogP contribution >= 0.6 is 0 Å². The van der Waals surface area contributed by atoms with Crippen LogP contribution < -0.4 is 10.1 Å². The van der Waals surface area contributed by atoms with Crippen molar-refractivity contribution in [2.45, 2.75) is 6.54 Å². The second-order valence-corrected chi connectivity index (χ2v) is 4.04. The van der Waals surface area contributed by atoms with Gasteiger partial charge in [-0.15, -0.1) is 0 Å². The Morgan fingerprint density at radius 3 is 2.84 bits per heavy atom. The van der Waals surface area contributed by atoms with Crippen molar-refractivity contribution in [3.8, 4) is 5.75 Å². The first kappa shape index (κ1) is 11.5. The Bertz CT molecular complexity index is 679. The fourth-order valence-electron chi connectivity index (χ4n) is 1.85. The van der Waals surface area contributed by atoms with Crippen LogP contribution in [0.1, 0.15) is 5.76 Å². The Morgan fingerprint density at radius 1 is 1.21 bits per heavy atom. The minimum Gasteiger partial charge on any atom is -0.497 e. The Balaban J connectivity index is 1.78. The summed E-state index contributed by atoms with van der Waals surface area (Å²) in [4.78, 5) is 8.18. The molecule has 0 spiro atoms. The van der Waals surface area contributed by atoms with Crippen LogP contribution in [0.15, 0.2) is 47.1 Å². The quantitative estimate of drug-likeness (QED) is 0.776. The van der Waals surface area contributed by atoms with E-state index in [4.69, 9.17) is 9.15 Å². The number of aromatic nitrogens is 2. The zero-order valence-corrected chi connectivity index (χ0v) is 10.5. The van der Waals surface area contributed by atoms with Gasteiger partial charge in [0.2, 0.25) is 5.95 Å². The Labute approximate surface area is 110 Å². The van der Waals surface area contributed by atoms with Gasteiger partial charge in [-0.25, -0.2) is 9.97 Å². The highest BCUT2D eigenvalue weighted by Crippen LogP contribution is 2.24. The van der Waals surface area contributed by atoms with Crippen molar-refractivity contribution in [3.05, 3.63) is 48.5 Å². The van der Waals surface area contributed by atoms with E-state index >= 15 is 0 Å². The molecule has 0 atom stereocenters. The third-order valence-electron chi connectivity index (χ3n) is 2.76. The molecule has 0 aliphatic rings. The van der Waals surface area contributed by atoms with Gasteiger partial charge in [-0.3, -0.25) is 0 Å². The first-order valence-corrected chi connectivity index (χ1v) is 5.92. The van der Waals surface area contributed by atoms with Gasteiger partial charge in [0.25, 0.3) is 0 Å². The molecular formula is C14H13N3O2. The van der Waals surface area contributed by atoms with Crippen LogP contribution in [0.25, 0.3) is 11.0 Å². The average Bonchev–Trinajstić information content (AvgIpc) is 2.88. The summed E-state index contributed by atoms with van der Waals surface area (Å²) in [6, 6.07) is 9.48. The lowest BCUT2D eigenvalue weighted by molar-refractivity contribution is 0.415. The number of rotatable bonds is 4. The fraction of sp³-hybridized carbons (Fsp3) is 0.143. The summed E-state index contributed by atoms with van der Waals surface area (Å²) in [6.07, 6.45) is 3.39. The van der Waals surface area contributed by atoms with Crippen molar-refractivity contribution in [2.75, 3.05) is 12.4 Å². The van der Waals surface area contributed by atoms with Gasteiger partial charge in [0.15, 0.2) is 0 Å². The molecule has 5 nitrogen and oxygen atoms in total. The second-order valence-electron chi connectivity index (χ2n) is 4.04. The number of ether oxygens (including phenoxy) is 1. The number of hydrogen-bond acceptors (Lipinski definition) is 5. The van der Waals surface area contributed by atoms with Crippen LogP contribution in [0.5, 0.6) is 5.75 Å². The van der Waals surface area contributed by atoms with Gasteiger partial charge >= 0.3 is 0 Å². The molecular weight excluding hydrogens is 242 g/mol. The Morgan fingerprint density at radius 2 is 2.05 bits per heavy atom. The van der Waals surface area contributed by atoms with Gasteiger partial charge in [-0.2, -0.15) is 0 Å². The standard InChI is InChI=1S/C14H13N3O2/c1-18-11-3-4-13-10(7-11)8-12(19-13)9-17-14-15-5-2-6-16-14/h2-8H,9H2,1H3,(H,15,16,17). The molecule has 2 heterocycles. The van der Waals surface area contributed by atoms with Crippen molar-refractivity contribution >= 4 is 16.9 Å². The molecule has 0 saturated heterocycles. The van der Waals surface area contributed by atoms with E-state index in [1.807, 2.05) is 24.3 Å². The van der Waals surface area contributed by atoms with Gasteiger partial charge in [0.1, 0.15) is 17.1 Å². The van der Waals surface area contributed by atoms with E-state index in [0.29, 0.717) is 12.5 Å². The van der Waals surface area contributed by atoms with Gasteiger partial charge in [-0.05, 0) is 30.3 Å². The van der Waals surface area contributed by atoms with Crippen LogP contribution in [0.4, 0.5) is 5.95 Å². The number of nitrogens with one attached hydrogen (secondary N) is 1. The monoisotopic (exact) mass is 255 g/mol. The SMILES string of the molecule is COc1ccc2oc(CNc3ncccn3)cc2c1. The molecule has 0 bridgehead atoms. The van der Waals surface area contributed by atoms with Crippen molar-refractivity contribution in [2.24, 2.45) is 0 Å². The Kier molecular flexibility index (Phi) is 3.02. The summed E-state index contributed by atoms with van der Waals surface area (Å²) in [7, 11) is 1.65. The minimum absolute atomic E-state index is 0.543. The number of anilines is 1. The molecule has 0 amide bonds. The highest BCUT2D eigenvalue weighted by molar-refractivity contribution is 5.79. The van der Waals surface area contributed by atoms with E-state index in [1.54, 1.807) is 25.6 Å². The van der Waals surface area contributed by atoms with E-state index in [2.05, 4.69) is 15.3 Å². The summed E-state index contributed by atoms with van der Waals surface area (Å²) in [5.41, 5.74) is 0.839. The molecule has 0 saturated carbocycles. The number of fused-ring (bicyclic) bond motifs is 1. The van der Waals surface area contributed by atoms with E-state index in [9.17, 15) is 0 Å².